The van der Waals surface area contributed by atoms with Crippen molar-refractivity contribution in [2.75, 3.05) is 13.6 Å². The summed E-state index contributed by atoms with van der Waals surface area (Å²) in [4.78, 5) is 50.0. The Morgan fingerprint density at radius 1 is 0.862 bits per heavy atom. The Kier molecular flexibility index (Phi) is 8.48. The molecule has 0 aromatic heterocycles. The Morgan fingerprint density at radius 3 is 1.66 bits per heavy atom. The lowest BCUT2D eigenvalue weighted by atomic mass is 10.2. The highest BCUT2D eigenvalue weighted by Gasteiger charge is 2.32. The predicted molar refractivity (Wildman–Crippen MR) is 115 cm³/mol. The summed E-state index contributed by atoms with van der Waals surface area (Å²) < 4.78 is -0.709. The molecule has 1 atom stereocenters. The summed E-state index contributed by atoms with van der Waals surface area (Å²) in [5.74, 6) is -2.33. The molecule has 0 saturated carbocycles. The van der Waals surface area contributed by atoms with Crippen molar-refractivity contribution in [2.24, 2.45) is 5.92 Å². The Hall–Kier alpha value is -2.58. The number of carbonyl (C=O) groups excluding carboxylic acids is 3. The molecular formula is C21H21NO5S2. The maximum atomic E-state index is 12.7. The molecule has 0 spiro atoms. The fourth-order valence-corrected chi connectivity index (χ4v) is 4.79. The molecule has 2 aromatic carbocycles. The van der Waals surface area contributed by atoms with Gasteiger partial charge in [-0.2, -0.15) is 0 Å². The molecule has 1 amide bonds. The van der Waals surface area contributed by atoms with Gasteiger partial charge in [0.2, 0.25) is 16.1 Å². The molecule has 0 heterocycles. The third kappa shape index (κ3) is 6.76. The highest BCUT2D eigenvalue weighted by Crippen LogP contribution is 2.35. The van der Waals surface area contributed by atoms with Gasteiger partial charge < -0.3 is 10.0 Å². The zero-order valence-electron chi connectivity index (χ0n) is 16.0. The molecule has 1 unspecified atom stereocenters. The summed E-state index contributed by atoms with van der Waals surface area (Å²) in [5, 5.41) is 8.41. The zero-order valence-corrected chi connectivity index (χ0v) is 17.6. The van der Waals surface area contributed by atoms with Crippen LogP contribution in [-0.4, -0.2) is 50.3 Å². The largest absolute Gasteiger partial charge is 0.480 e. The van der Waals surface area contributed by atoms with Crippen molar-refractivity contribution in [1.82, 2.24) is 4.90 Å². The van der Waals surface area contributed by atoms with Crippen molar-refractivity contribution >= 4 is 45.6 Å². The van der Waals surface area contributed by atoms with Crippen LogP contribution in [0.15, 0.2) is 60.7 Å². The quantitative estimate of drug-likeness (QED) is 0.638. The standard InChI is InChI=1S/C21H21NO5S2/c1-14(18(25)22(2)13-17(23)24)21(28-19(26)15-9-5-3-6-10-15)29-20(27)16-11-7-4-8-12-16/h3-12,14,21H,13H2,1-2H3,(H,23,24). The van der Waals surface area contributed by atoms with Crippen molar-refractivity contribution in [3.63, 3.8) is 0 Å². The van der Waals surface area contributed by atoms with Gasteiger partial charge in [0.1, 0.15) is 6.54 Å². The summed E-state index contributed by atoms with van der Waals surface area (Å²) >= 11 is 1.80. The van der Waals surface area contributed by atoms with Crippen LogP contribution in [0.3, 0.4) is 0 Å². The molecule has 0 radical (unpaired) electrons. The molecule has 0 aliphatic heterocycles. The number of aliphatic carboxylic acids is 1. The van der Waals surface area contributed by atoms with Crippen molar-refractivity contribution < 1.29 is 24.3 Å². The van der Waals surface area contributed by atoms with Crippen molar-refractivity contribution in [3.05, 3.63) is 71.8 Å². The molecule has 8 heteroatoms. The van der Waals surface area contributed by atoms with Crippen LogP contribution in [0.5, 0.6) is 0 Å². The topological polar surface area (TPSA) is 91.8 Å². The number of amides is 1. The molecule has 2 rings (SSSR count). The highest BCUT2D eigenvalue weighted by molar-refractivity contribution is 8.30. The molecule has 2 aromatic rings. The van der Waals surface area contributed by atoms with E-state index in [2.05, 4.69) is 0 Å². The molecule has 152 valence electrons. The summed E-state index contributed by atoms with van der Waals surface area (Å²) in [6.07, 6.45) is 0. The van der Waals surface area contributed by atoms with E-state index >= 15 is 0 Å². The number of thioether (sulfide) groups is 2. The smallest absolute Gasteiger partial charge is 0.323 e. The normalized spacial score (nSPS) is 11.7. The van der Waals surface area contributed by atoms with Gasteiger partial charge in [-0.05, 0) is 0 Å². The van der Waals surface area contributed by atoms with E-state index in [0.29, 0.717) is 11.1 Å². The third-order valence-electron chi connectivity index (χ3n) is 4.01. The SMILES string of the molecule is CC(C(=O)N(C)CC(=O)O)C(SC(=O)c1ccccc1)SC(=O)c1ccccc1. The van der Waals surface area contributed by atoms with Gasteiger partial charge in [-0.3, -0.25) is 19.2 Å². The van der Waals surface area contributed by atoms with E-state index in [9.17, 15) is 19.2 Å². The molecule has 6 nitrogen and oxygen atoms in total. The molecule has 0 fully saturated rings. The minimum atomic E-state index is -1.13. The van der Waals surface area contributed by atoms with Crippen LogP contribution in [0.1, 0.15) is 27.6 Å². The van der Waals surface area contributed by atoms with E-state index in [0.717, 1.165) is 28.4 Å². The van der Waals surface area contributed by atoms with Crippen LogP contribution < -0.4 is 0 Å². The maximum absolute atomic E-state index is 12.7. The molecule has 0 aliphatic rings. The Morgan fingerprint density at radius 2 is 1.28 bits per heavy atom. The highest BCUT2D eigenvalue weighted by atomic mass is 32.2. The lowest BCUT2D eigenvalue weighted by Gasteiger charge is -2.25. The van der Waals surface area contributed by atoms with Crippen molar-refractivity contribution in [2.45, 2.75) is 11.5 Å². The monoisotopic (exact) mass is 431 g/mol. The second-order valence-corrected chi connectivity index (χ2v) is 8.81. The third-order valence-corrected chi connectivity index (χ3v) is 6.77. The first-order chi connectivity index (χ1) is 13.8. The molecular weight excluding hydrogens is 410 g/mol. The second-order valence-electron chi connectivity index (χ2n) is 6.29. The molecule has 0 aliphatic carbocycles. The van der Waals surface area contributed by atoms with Crippen LogP contribution in [-0.2, 0) is 9.59 Å². The average molecular weight is 432 g/mol. The molecule has 29 heavy (non-hydrogen) atoms. The lowest BCUT2D eigenvalue weighted by molar-refractivity contribution is -0.144. The fourth-order valence-electron chi connectivity index (χ4n) is 2.47. The van der Waals surface area contributed by atoms with Crippen LogP contribution in [0, 0.1) is 5.92 Å². The van der Waals surface area contributed by atoms with Gasteiger partial charge in [-0.1, -0.05) is 91.1 Å². The molecule has 0 bridgehead atoms. The number of nitrogens with zero attached hydrogens (tertiary/aromatic N) is 1. The first-order valence-corrected chi connectivity index (χ1v) is 10.5. The van der Waals surface area contributed by atoms with Crippen LogP contribution in [0.2, 0.25) is 0 Å². The minimum Gasteiger partial charge on any atom is -0.480 e. The van der Waals surface area contributed by atoms with Gasteiger partial charge in [0.05, 0.1) is 10.5 Å². The number of benzene rings is 2. The Labute approximate surface area is 177 Å². The van der Waals surface area contributed by atoms with Gasteiger partial charge in [-0.15, -0.1) is 0 Å². The zero-order chi connectivity index (χ0) is 21.4. The van der Waals surface area contributed by atoms with E-state index in [4.69, 9.17) is 5.11 Å². The first kappa shape index (κ1) is 22.7. The van der Waals surface area contributed by atoms with E-state index in [-0.39, 0.29) is 10.2 Å². The summed E-state index contributed by atoms with van der Waals surface area (Å²) in [7, 11) is 1.39. The van der Waals surface area contributed by atoms with Crippen molar-refractivity contribution in [3.8, 4) is 0 Å². The van der Waals surface area contributed by atoms with Gasteiger partial charge >= 0.3 is 5.97 Å². The van der Waals surface area contributed by atoms with E-state index in [1.807, 2.05) is 0 Å². The summed E-state index contributed by atoms with van der Waals surface area (Å²) in [5.41, 5.74) is 0.933. The van der Waals surface area contributed by atoms with Crippen LogP contribution >= 0.6 is 23.5 Å². The number of hydrogen-bond acceptors (Lipinski definition) is 6. The van der Waals surface area contributed by atoms with E-state index < -0.39 is 28.9 Å². The predicted octanol–water partition coefficient (Wildman–Crippen LogP) is 3.64. The average Bonchev–Trinajstić information content (AvgIpc) is 2.72. The molecule has 1 N–H and O–H groups in total. The first-order valence-electron chi connectivity index (χ1n) is 8.78. The van der Waals surface area contributed by atoms with Crippen molar-refractivity contribution in [1.29, 1.82) is 0 Å². The fraction of sp³-hybridized carbons (Fsp3) is 0.238. The van der Waals surface area contributed by atoms with Crippen LogP contribution in [0.4, 0.5) is 0 Å². The van der Waals surface area contributed by atoms with Gasteiger partial charge in [0.25, 0.3) is 0 Å². The molecule has 0 saturated heterocycles. The number of rotatable bonds is 8. The second kappa shape index (κ2) is 10.8. The minimum absolute atomic E-state index is 0.260. The Balaban J connectivity index is 2.21. The number of carboxylic acids is 1. The number of carbonyl (C=O) groups is 4. The number of likely N-dealkylation sites (N-methyl/N-ethyl adjacent to an activating group) is 1. The summed E-state index contributed by atoms with van der Waals surface area (Å²) in [6.45, 7) is 1.15. The van der Waals surface area contributed by atoms with Gasteiger partial charge in [0.15, 0.2) is 0 Å². The lowest BCUT2D eigenvalue weighted by Crippen LogP contribution is -2.39. The summed E-state index contributed by atoms with van der Waals surface area (Å²) in [6, 6.07) is 17.2. The maximum Gasteiger partial charge on any atom is 0.323 e. The Bertz CT molecular complexity index is 820. The number of carboxylic acid groups (broad SMARTS) is 1. The van der Waals surface area contributed by atoms with E-state index in [1.54, 1.807) is 67.6 Å². The van der Waals surface area contributed by atoms with Crippen LogP contribution in [0.25, 0.3) is 0 Å². The van der Waals surface area contributed by atoms with Gasteiger partial charge in [-0.25, -0.2) is 0 Å². The van der Waals surface area contributed by atoms with E-state index in [1.165, 1.54) is 7.05 Å². The number of hydrogen-bond donors (Lipinski definition) is 1. The van der Waals surface area contributed by atoms with Gasteiger partial charge in [0, 0.05) is 18.2 Å².